The van der Waals surface area contributed by atoms with Crippen LogP contribution in [0.5, 0.6) is 0 Å². The maximum Gasteiger partial charge on any atom is 0.166 e. The van der Waals surface area contributed by atoms with E-state index in [4.69, 9.17) is 4.98 Å². The lowest BCUT2D eigenvalue weighted by Crippen LogP contribution is -1.91. The Kier molecular flexibility index (Phi) is 4.71. The van der Waals surface area contributed by atoms with E-state index >= 15 is 0 Å². The van der Waals surface area contributed by atoms with Gasteiger partial charge in [0.1, 0.15) is 5.82 Å². The molecule has 0 fully saturated rings. The molecule has 2 aromatic carbocycles. The number of thioether (sulfide) groups is 1. The van der Waals surface area contributed by atoms with Gasteiger partial charge in [0, 0.05) is 29.5 Å². The van der Waals surface area contributed by atoms with Crippen molar-refractivity contribution in [2.24, 2.45) is 0 Å². The van der Waals surface area contributed by atoms with Crippen LogP contribution in [0, 0.1) is 12.7 Å². The third kappa shape index (κ3) is 3.63. The van der Waals surface area contributed by atoms with Crippen LogP contribution in [-0.2, 0) is 12.2 Å². The quantitative estimate of drug-likeness (QED) is 0.490. The molecule has 0 unspecified atom stereocenters. The monoisotopic (exact) mass is 363 g/mol. The highest BCUT2D eigenvalue weighted by atomic mass is 32.2. The van der Waals surface area contributed by atoms with Crippen LogP contribution in [0.15, 0.2) is 66.0 Å². The maximum absolute atomic E-state index is 13.9. The molecule has 2 aromatic heterocycles. The number of hydrogen-bond donors (Lipinski definition) is 1. The summed E-state index contributed by atoms with van der Waals surface area (Å²) in [6, 6.07) is 17.1. The number of fused-ring (bicyclic) bond motifs is 1. The molecule has 5 heteroatoms. The predicted octanol–water partition coefficient (Wildman–Crippen LogP) is 5.29. The summed E-state index contributed by atoms with van der Waals surface area (Å²) in [5.74, 6) is 0.379. The molecule has 0 atom stereocenters. The lowest BCUT2D eigenvalue weighted by atomic mass is 10.1. The van der Waals surface area contributed by atoms with Crippen molar-refractivity contribution in [3.63, 3.8) is 0 Å². The zero-order valence-corrected chi connectivity index (χ0v) is 15.2. The average molecular weight is 363 g/mol. The van der Waals surface area contributed by atoms with E-state index in [1.807, 2.05) is 37.3 Å². The fourth-order valence-electron chi connectivity index (χ4n) is 2.98. The van der Waals surface area contributed by atoms with Crippen molar-refractivity contribution in [2.75, 3.05) is 0 Å². The van der Waals surface area contributed by atoms with Gasteiger partial charge in [-0.3, -0.25) is 4.98 Å². The summed E-state index contributed by atoms with van der Waals surface area (Å²) in [5.41, 5.74) is 5.07. The van der Waals surface area contributed by atoms with Gasteiger partial charge in [0.15, 0.2) is 5.16 Å². The van der Waals surface area contributed by atoms with Crippen molar-refractivity contribution < 1.29 is 4.39 Å². The third-order valence-electron chi connectivity index (χ3n) is 4.29. The summed E-state index contributed by atoms with van der Waals surface area (Å²) in [5, 5.41) is 1.67. The lowest BCUT2D eigenvalue weighted by molar-refractivity contribution is 0.628. The van der Waals surface area contributed by atoms with Gasteiger partial charge < -0.3 is 4.98 Å². The molecular weight excluding hydrogens is 345 g/mol. The van der Waals surface area contributed by atoms with Gasteiger partial charge in [-0.2, -0.15) is 0 Å². The van der Waals surface area contributed by atoms with Crippen LogP contribution in [0.25, 0.3) is 10.9 Å². The average Bonchev–Trinajstić information content (AvgIpc) is 3.00. The van der Waals surface area contributed by atoms with E-state index in [-0.39, 0.29) is 5.82 Å². The van der Waals surface area contributed by atoms with Crippen molar-refractivity contribution in [2.45, 2.75) is 24.3 Å². The van der Waals surface area contributed by atoms with Crippen molar-refractivity contribution in [1.29, 1.82) is 0 Å². The van der Waals surface area contributed by atoms with Gasteiger partial charge in [-0.05, 0) is 36.2 Å². The van der Waals surface area contributed by atoms with Gasteiger partial charge in [-0.1, -0.05) is 48.2 Å². The van der Waals surface area contributed by atoms with Crippen LogP contribution in [0.2, 0.25) is 0 Å². The summed E-state index contributed by atoms with van der Waals surface area (Å²) in [6.07, 6.45) is 2.54. The SMILES string of the molecule is Cc1[nH]c(SCc2cc(F)cc3cccnc23)nc1Cc1ccccc1. The number of nitrogens with one attached hydrogen (secondary N) is 1. The van der Waals surface area contributed by atoms with Crippen LogP contribution >= 0.6 is 11.8 Å². The Morgan fingerprint density at radius 2 is 1.92 bits per heavy atom. The first-order valence-corrected chi connectivity index (χ1v) is 9.43. The molecule has 0 saturated carbocycles. The number of aromatic amines is 1. The molecule has 4 rings (SSSR count). The summed E-state index contributed by atoms with van der Waals surface area (Å²) < 4.78 is 13.9. The van der Waals surface area contributed by atoms with Crippen LogP contribution in [-0.4, -0.2) is 15.0 Å². The van der Waals surface area contributed by atoms with E-state index in [9.17, 15) is 4.39 Å². The van der Waals surface area contributed by atoms with Crippen molar-refractivity contribution in [3.05, 3.63) is 89.1 Å². The summed E-state index contributed by atoms with van der Waals surface area (Å²) in [7, 11) is 0. The fourth-order valence-corrected chi connectivity index (χ4v) is 3.89. The molecule has 0 amide bonds. The van der Waals surface area contributed by atoms with E-state index in [1.54, 1.807) is 24.0 Å². The lowest BCUT2D eigenvalue weighted by Gasteiger charge is -2.05. The minimum absolute atomic E-state index is 0.235. The second-order valence-corrected chi connectivity index (χ2v) is 7.17. The number of imidazole rings is 1. The normalized spacial score (nSPS) is 11.2. The van der Waals surface area contributed by atoms with E-state index in [1.165, 1.54) is 11.6 Å². The minimum Gasteiger partial charge on any atom is -0.337 e. The molecule has 26 heavy (non-hydrogen) atoms. The number of H-pyrrole nitrogens is 1. The van der Waals surface area contributed by atoms with E-state index in [2.05, 4.69) is 22.1 Å². The second-order valence-electron chi connectivity index (χ2n) is 6.20. The van der Waals surface area contributed by atoms with Gasteiger partial charge in [-0.15, -0.1) is 0 Å². The Bertz CT molecular complexity index is 1040. The Hall–Kier alpha value is -2.66. The van der Waals surface area contributed by atoms with Gasteiger partial charge in [0.25, 0.3) is 0 Å². The number of rotatable bonds is 5. The third-order valence-corrected chi connectivity index (χ3v) is 5.21. The number of benzene rings is 2. The number of pyridine rings is 1. The minimum atomic E-state index is -0.235. The Balaban J connectivity index is 1.53. The number of aryl methyl sites for hydroxylation is 1. The molecule has 0 radical (unpaired) electrons. The predicted molar refractivity (Wildman–Crippen MR) is 104 cm³/mol. The van der Waals surface area contributed by atoms with Gasteiger partial charge in [0.05, 0.1) is 11.2 Å². The molecular formula is C21H18FN3S. The molecule has 0 saturated heterocycles. The van der Waals surface area contributed by atoms with Crippen molar-refractivity contribution in [3.8, 4) is 0 Å². The zero-order chi connectivity index (χ0) is 17.9. The Morgan fingerprint density at radius 1 is 1.08 bits per heavy atom. The largest absolute Gasteiger partial charge is 0.337 e. The van der Waals surface area contributed by atoms with Crippen LogP contribution in [0.1, 0.15) is 22.5 Å². The fraction of sp³-hybridized carbons (Fsp3) is 0.143. The van der Waals surface area contributed by atoms with E-state index in [0.717, 1.165) is 39.4 Å². The van der Waals surface area contributed by atoms with Crippen LogP contribution < -0.4 is 0 Å². The standard InChI is InChI=1S/C21H18FN3S/c1-14-19(10-15-6-3-2-4-7-15)25-21(24-14)26-13-17-12-18(22)11-16-8-5-9-23-20(16)17/h2-9,11-12H,10,13H2,1H3,(H,24,25). The second kappa shape index (κ2) is 7.30. The van der Waals surface area contributed by atoms with Crippen LogP contribution in [0.3, 0.4) is 0 Å². The number of halogens is 1. The molecule has 1 N–H and O–H groups in total. The first kappa shape index (κ1) is 16.8. The summed E-state index contributed by atoms with van der Waals surface area (Å²) in [6.45, 7) is 2.04. The van der Waals surface area contributed by atoms with Gasteiger partial charge in [-0.25, -0.2) is 9.37 Å². The maximum atomic E-state index is 13.9. The molecule has 3 nitrogen and oxygen atoms in total. The van der Waals surface area contributed by atoms with Gasteiger partial charge >= 0.3 is 0 Å². The molecule has 2 heterocycles. The van der Waals surface area contributed by atoms with Gasteiger partial charge in [0.2, 0.25) is 0 Å². The number of nitrogens with zero attached hydrogens (tertiary/aromatic N) is 2. The Labute approximate surface area is 155 Å². The zero-order valence-electron chi connectivity index (χ0n) is 14.4. The van der Waals surface area contributed by atoms with Crippen LogP contribution in [0.4, 0.5) is 4.39 Å². The highest BCUT2D eigenvalue weighted by molar-refractivity contribution is 7.98. The molecule has 0 spiro atoms. The topological polar surface area (TPSA) is 41.6 Å². The molecule has 0 aliphatic heterocycles. The summed E-state index contributed by atoms with van der Waals surface area (Å²) >= 11 is 1.57. The molecule has 0 aliphatic carbocycles. The van der Waals surface area contributed by atoms with Crippen molar-refractivity contribution in [1.82, 2.24) is 15.0 Å². The highest BCUT2D eigenvalue weighted by Gasteiger charge is 2.10. The molecule has 130 valence electrons. The first-order chi connectivity index (χ1) is 12.7. The highest BCUT2D eigenvalue weighted by Crippen LogP contribution is 2.27. The first-order valence-electron chi connectivity index (χ1n) is 8.44. The smallest absolute Gasteiger partial charge is 0.166 e. The molecule has 0 bridgehead atoms. The molecule has 4 aromatic rings. The Morgan fingerprint density at radius 3 is 2.77 bits per heavy atom. The van der Waals surface area contributed by atoms with E-state index < -0.39 is 0 Å². The number of aromatic nitrogens is 3. The number of hydrogen-bond acceptors (Lipinski definition) is 3. The van der Waals surface area contributed by atoms with Crippen molar-refractivity contribution >= 4 is 22.7 Å². The van der Waals surface area contributed by atoms with E-state index in [0.29, 0.717) is 5.75 Å². The summed E-state index contributed by atoms with van der Waals surface area (Å²) in [4.78, 5) is 12.5. The molecule has 0 aliphatic rings.